The van der Waals surface area contributed by atoms with Crippen molar-refractivity contribution in [3.63, 3.8) is 0 Å². The number of amides is 1. The fraction of sp³-hybridized carbons (Fsp3) is 0.588. The van der Waals surface area contributed by atoms with Gasteiger partial charge in [-0.25, -0.2) is 8.42 Å². The molecule has 1 aliphatic heterocycles. The van der Waals surface area contributed by atoms with Gasteiger partial charge in [0.15, 0.2) is 26.1 Å². The van der Waals surface area contributed by atoms with Crippen LogP contribution in [-0.4, -0.2) is 58.2 Å². The van der Waals surface area contributed by atoms with E-state index in [1.165, 1.54) is 0 Å². The van der Waals surface area contributed by atoms with E-state index in [9.17, 15) is 13.2 Å². The third-order valence-corrected chi connectivity index (χ3v) is 6.50. The number of ether oxygens (including phenoxy) is 2. The van der Waals surface area contributed by atoms with Crippen LogP contribution in [-0.2, 0) is 14.6 Å². The molecule has 0 saturated carbocycles. The van der Waals surface area contributed by atoms with E-state index in [0.717, 1.165) is 6.26 Å². The van der Waals surface area contributed by atoms with Crippen molar-refractivity contribution >= 4 is 15.7 Å². The van der Waals surface area contributed by atoms with E-state index in [4.69, 9.17) is 9.47 Å². The molecule has 1 aliphatic rings. The van der Waals surface area contributed by atoms with Gasteiger partial charge in [0.25, 0.3) is 0 Å². The topological polar surface area (TPSA) is 93.7 Å². The van der Waals surface area contributed by atoms with Crippen LogP contribution in [0.1, 0.15) is 19.8 Å². The van der Waals surface area contributed by atoms with Crippen molar-refractivity contribution in [3.05, 3.63) is 24.3 Å². The molecule has 0 aromatic heterocycles. The minimum atomic E-state index is -3.52. The summed E-state index contributed by atoms with van der Waals surface area (Å²) in [5, 5.41) is 5.84. The predicted molar refractivity (Wildman–Crippen MR) is 95.8 cm³/mol. The van der Waals surface area contributed by atoms with Crippen LogP contribution in [0.25, 0.3) is 0 Å². The normalized spacial score (nSPS) is 18.2. The summed E-state index contributed by atoms with van der Waals surface area (Å²) in [5.41, 5.74) is 0. The first kappa shape index (κ1) is 19.5. The smallest absolute Gasteiger partial charge is 0.241 e. The molecule has 0 spiro atoms. The molecule has 0 bridgehead atoms. The number of hydrogen-bond acceptors (Lipinski definition) is 6. The highest BCUT2D eigenvalue weighted by molar-refractivity contribution is 7.92. The van der Waals surface area contributed by atoms with Crippen molar-refractivity contribution in [2.75, 3.05) is 33.0 Å². The maximum absolute atomic E-state index is 12.6. The molecule has 1 heterocycles. The Balaban J connectivity index is 2.00. The summed E-state index contributed by atoms with van der Waals surface area (Å²) in [4.78, 5) is 12.6. The second-order valence-corrected chi connectivity index (χ2v) is 8.63. The molecular formula is C17H26N2O5S. The number of methoxy groups -OCH3 is 1. The van der Waals surface area contributed by atoms with E-state index >= 15 is 0 Å². The Morgan fingerprint density at radius 2 is 1.88 bits per heavy atom. The highest BCUT2D eigenvalue weighted by atomic mass is 32.2. The Labute approximate surface area is 149 Å². The van der Waals surface area contributed by atoms with Crippen LogP contribution in [0.5, 0.6) is 11.5 Å². The summed E-state index contributed by atoms with van der Waals surface area (Å²) in [6, 6.07) is 7.23. The average Bonchev–Trinajstić information content (AvgIpc) is 2.59. The van der Waals surface area contributed by atoms with Crippen molar-refractivity contribution in [1.82, 2.24) is 10.6 Å². The van der Waals surface area contributed by atoms with Crippen LogP contribution >= 0.6 is 0 Å². The average molecular weight is 370 g/mol. The van der Waals surface area contributed by atoms with E-state index in [1.807, 2.05) is 19.1 Å². The van der Waals surface area contributed by atoms with Crippen LogP contribution in [0.3, 0.4) is 0 Å². The summed E-state index contributed by atoms with van der Waals surface area (Å²) < 4.78 is 34.1. The molecule has 1 fully saturated rings. The molecule has 2 rings (SSSR count). The Morgan fingerprint density at radius 1 is 1.28 bits per heavy atom. The van der Waals surface area contributed by atoms with E-state index < -0.39 is 20.5 Å². The largest absolute Gasteiger partial charge is 0.493 e. The zero-order valence-electron chi connectivity index (χ0n) is 14.9. The Morgan fingerprint density at radius 3 is 2.44 bits per heavy atom. The lowest BCUT2D eigenvalue weighted by Gasteiger charge is -2.34. The predicted octanol–water partition coefficient (Wildman–Crippen LogP) is 0.746. The Kier molecular flexibility index (Phi) is 6.29. The van der Waals surface area contributed by atoms with Gasteiger partial charge in [-0.15, -0.1) is 0 Å². The highest BCUT2D eigenvalue weighted by Gasteiger charge is 2.48. The molecule has 1 unspecified atom stereocenters. The fourth-order valence-electron chi connectivity index (χ4n) is 2.97. The van der Waals surface area contributed by atoms with E-state index in [0.29, 0.717) is 24.6 Å². The minimum Gasteiger partial charge on any atom is -0.493 e. The van der Waals surface area contributed by atoms with Crippen LogP contribution < -0.4 is 20.1 Å². The minimum absolute atomic E-state index is 0.210. The van der Waals surface area contributed by atoms with Crippen molar-refractivity contribution in [1.29, 1.82) is 0 Å². The molecule has 7 nitrogen and oxygen atoms in total. The molecule has 0 radical (unpaired) electrons. The van der Waals surface area contributed by atoms with Gasteiger partial charge in [0, 0.05) is 6.26 Å². The van der Waals surface area contributed by atoms with Crippen LogP contribution in [0.15, 0.2) is 24.3 Å². The van der Waals surface area contributed by atoms with Crippen LogP contribution in [0.4, 0.5) is 0 Å². The number of piperidine rings is 1. The maximum Gasteiger partial charge on any atom is 0.241 e. The number of para-hydroxylation sites is 2. The van der Waals surface area contributed by atoms with Gasteiger partial charge in [0.1, 0.15) is 6.10 Å². The summed E-state index contributed by atoms with van der Waals surface area (Å²) >= 11 is 0. The van der Waals surface area contributed by atoms with Gasteiger partial charge >= 0.3 is 0 Å². The summed E-state index contributed by atoms with van der Waals surface area (Å²) in [6.07, 6.45) is 1.35. The standard InChI is InChI=1S/C17H26N2O5S/c1-13(24-15-7-5-4-6-14(15)23-2)12-19-16(20)17(25(3,21)22)8-10-18-11-9-17/h4-7,13,18H,8-12H2,1-3H3,(H,19,20). The Hall–Kier alpha value is -1.80. The lowest BCUT2D eigenvalue weighted by molar-refractivity contribution is -0.124. The van der Waals surface area contributed by atoms with Crippen LogP contribution in [0.2, 0.25) is 0 Å². The van der Waals surface area contributed by atoms with Crippen molar-refractivity contribution < 1.29 is 22.7 Å². The molecule has 140 valence electrons. The molecule has 1 atom stereocenters. The fourth-order valence-corrected chi connectivity index (χ4v) is 4.32. The number of hydrogen-bond donors (Lipinski definition) is 2. The third kappa shape index (κ3) is 4.43. The summed E-state index contributed by atoms with van der Waals surface area (Å²) in [6.45, 7) is 3.03. The first-order chi connectivity index (χ1) is 11.8. The molecule has 1 aromatic rings. The molecule has 1 aromatic carbocycles. The third-order valence-electron chi connectivity index (χ3n) is 4.48. The number of carbonyl (C=O) groups excluding carboxylic acids is 1. The monoisotopic (exact) mass is 370 g/mol. The number of benzene rings is 1. The first-order valence-electron chi connectivity index (χ1n) is 8.28. The number of rotatable bonds is 7. The molecule has 25 heavy (non-hydrogen) atoms. The molecular weight excluding hydrogens is 344 g/mol. The lowest BCUT2D eigenvalue weighted by atomic mass is 9.96. The van der Waals surface area contributed by atoms with Gasteiger partial charge in [-0.1, -0.05) is 12.1 Å². The van der Waals surface area contributed by atoms with Gasteiger partial charge in [0.05, 0.1) is 13.7 Å². The van der Waals surface area contributed by atoms with E-state index in [1.54, 1.807) is 19.2 Å². The highest BCUT2D eigenvalue weighted by Crippen LogP contribution is 2.29. The van der Waals surface area contributed by atoms with Crippen molar-refractivity contribution in [2.24, 2.45) is 0 Å². The van der Waals surface area contributed by atoms with E-state index in [-0.39, 0.29) is 25.5 Å². The zero-order valence-corrected chi connectivity index (χ0v) is 15.7. The molecule has 2 N–H and O–H groups in total. The zero-order chi connectivity index (χ0) is 18.5. The van der Waals surface area contributed by atoms with Gasteiger partial charge in [0.2, 0.25) is 5.91 Å². The summed E-state index contributed by atoms with van der Waals surface area (Å²) in [7, 11) is -1.96. The number of nitrogens with one attached hydrogen (secondary N) is 2. The lowest BCUT2D eigenvalue weighted by Crippen LogP contribution is -2.58. The SMILES string of the molecule is COc1ccccc1OC(C)CNC(=O)C1(S(C)(=O)=O)CCNCC1. The molecule has 1 amide bonds. The number of carbonyl (C=O) groups is 1. The van der Waals surface area contributed by atoms with E-state index in [2.05, 4.69) is 10.6 Å². The molecule has 0 aliphatic carbocycles. The first-order valence-corrected chi connectivity index (χ1v) is 10.2. The summed E-state index contributed by atoms with van der Waals surface area (Å²) in [5.74, 6) is 0.727. The van der Waals surface area contributed by atoms with Gasteiger partial charge < -0.3 is 20.1 Å². The maximum atomic E-state index is 12.6. The van der Waals surface area contributed by atoms with Gasteiger partial charge in [-0.05, 0) is 45.0 Å². The van der Waals surface area contributed by atoms with Gasteiger partial charge in [-0.3, -0.25) is 4.79 Å². The number of sulfone groups is 1. The van der Waals surface area contributed by atoms with Crippen LogP contribution in [0, 0.1) is 0 Å². The van der Waals surface area contributed by atoms with Crippen molar-refractivity contribution in [2.45, 2.75) is 30.6 Å². The Bertz CT molecular complexity index is 699. The second-order valence-electron chi connectivity index (χ2n) is 6.31. The molecule has 1 saturated heterocycles. The molecule has 8 heteroatoms. The second kappa shape index (κ2) is 8.05. The van der Waals surface area contributed by atoms with Gasteiger partial charge in [-0.2, -0.15) is 0 Å². The quantitative estimate of drug-likeness (QED) is 0.736. The van der Waals surface area contributed by atoms with Crippen molar-refractivity contribution in [3.8, 4) is 11.5 Å².